The molecule has 0 aliphatic heterocycles. The fourth-order valence-electron chi connectivity index (χ4n) is 1.07. The Hall–Kier alpha value is -0.450. The molecule has 1 aromatic heterocycles. The van der Waals surface area contributed by atoms with E-state index in [1.165, 1.54) is 11.3 Å². The minimum absolute atomic E-state index is 0.648. The maximum Gasteiger partial charge on any atom is 0.119 e. The van der Waals surface area contributed by atoms with Crippen molar-refractivity contribution in [2.45, 2.75) is 33.4 Å². The quantitative estimate of drug-likeness (QED) is 0.706. The average molecular weight is 214 g/mol. The SMILES string of the molecule is CCCNCc1cnc(COCC)s1. The van der Waals surface area contributed by atoms with E-state index in [-0.39, 0.29) is 0 Å². The van der Waals surface area contributed by atoms with Crippen LogP contribution in [0.4, 0.5) is 0 Å². The van der Waals surface area contributed by atoms with Crippen molar-refractivity contribution in [3.8, 4) is 0 Å². The van der Waals surface area contributed by atoms with E-state index in [2.05, 4.69) is 17.2 Å². The minimum Gasteiger partial charge on any atom is -0.375 e. The van der Waals surface area contributed by atoms with Crippen LogP contribution < -0.4 is 5.32 Å². The fraction of sp³-hybridized carbons (Fsp3) is 0.700. The van der Waals surface area contributed by atoms with Crippen LogP contribution in [0.2, 0.25) is 0 Å². The summed E-state index contributed by atoms with van der Waals surface area (Å²) in [5.41, 5.74) is 0. The van der Waals surface area contributed by atoms with Gasteiger partial charge in [0.05, 0.1) is 6.61 Å². The summed E-state index contributed by atoms with van der Waals surface area (Å²) < 4.78 is 5.29. The molecule has 4 heteroatoms. The van der Waals surface area contributed by atoms with Crippen LogP contribution in [0.1, 0.15) is 30.2 Å². The van der Waals surface area contributed by atoms with Crippen molar-refractivity contribution < 1.29 is 4.74 Å². The molecule has 3 nitrogen and oxygen atoms in total. The molecule has 0 aromatic carbocycles. The molecule has 1 rings (SSSR count). The number of hydrogen-bond acceptors (Lipinski definition) is 4. The first-order chi connectivity index (χ1) is 6.86. The predicted molar refractivity (Wildman–Crippen MR) is 59.4 cm³/mol. The Morgan fingerprint density at radius 3 is 3.07 bits per heavy atom. The number of thiazole rings is 1. The van der Waals surface area contributed by atoms with Gasteiger partial charge in [-0.3, -0.25) is 0 Å². The van der Waals surface area contributed by atoms with Crippen LogP contribution in [0.5, 0.6) is 0 Å². The van der Waals surface area contributed by atoms with Gasteiger partial charge in [-0.25, -0.2) is 4.98 Å². The Labute approximate surface area is 89.5 Å². The zero-order chi connectivity index (χ0) is 10.2. The molecule has 14 heavy (non-hydrogen) atoms. The second kappa shape index (κ2) is 6.92. The van der Waals surface area contributed by atoms with Crippen molar-refractivity contribution in [1.82, 2.24) is 10.3 Å². The molecule has 0 atom stereocenters. The minimum atomic E-state index is 0.648. The second-order valence-electron chi connectivity index (χ2n) is 3.03. The summed E-state index contributed by atoms with van der Waals surface area (Å²) in [4.78, 5) is 5.57. The molecule has 0 unspecified atom stereocenters. The zero-order valence-corrected chi connectivity index (χ0v) is 9.69. The van der Waals surface area contributed by atoms with Gasteiger partial charge in [-0.15, -0.1) is 11.3 Å². The number of hydrogen-bond donors (Lipinski definition) is 1. The number of ether oxygens (including phenoxy) is 1. The normalized spacial score (nSPS) is 10.7. The number of rotatable bonds is 7. The highest BCUT2D eigenvalue weighted by Crippen LogP contribution is 2.13. The molecule has 0 spiro atoms. The molecule has 0 saturated heterocycles. The number of nitrogens with zero attached hydrogens (tertiary/aromatic N) is 1. The molecule has 80 valence electrons. The summed E-state index contributed by atoms with van der Waals surface area (Å²) >= 11 is 1.72. The van der Waals surface area contributed by atoms with Gasteiger partial charge in [-0.05, 0) is 19.9 Å². The molecular weight excluding hydrogens is 196 g/mol. The van der Waals surface area contributed by atoms with Crippen molar-refractivity contribution in [1.29, 1.82) is 0 Å². The van der Waals surface area contributed by atoms with E-state index in [0.717, 1.165) is 24.7 Å². The van der Waals surface area contributed by atoms with Gasteiger partial charge in [0.2, 0.25) is 0 Å². The van der Waals surface area contributed by atoms with E-state index >= 15 is 0 Å². The molecule has 0 amide bonds. The monoisotopic (exact) mass is 214 g/mol. The van der Waals surface area contributed by atoms with Gasteiger partial charge in [-0.1, -0.05) is 6.92 Å². The molecular formula is C10H18N2OS. The van der Waals surface area contributed by atoms with Crippen LogP contribution in [0.25, 0.3) is 0 Å². The lowest BCUT2D eigenvalue weighted by molar-refractivity contribution is 0.134. The van der Waals surface area contributed by atoms with Gasteiger partial charge in [-0.2, -0.15) is 0 Å². The molecule has 1 heterocycles. The Balaban J connectivity index is 2.27. The maximum atomic E-state index is 5.29. The molecule has 0 saturated carbocycles. The second-order valence-corrected chi connectivity index (χ2v) is 4.23. The predicted octanol–water partition coefficient (Wildman–Crippen LogP) is 2.18. The lowest BCUT2D eigenvalue weighted by Crippen LogP contribution is -2.12. The third kappa shape index (κ3) is 4.17. The van der Waals surface area contributed by atoms with Gasteiger partial charge in [0, 0.05) is 24.2 Å². The van der Waals surface area contributed by atoms with Crippen molar-refractivity contribution in [2.24, 2.45) is 0 Å². The van der Waals surface area contributed by atoms with Crippen LogP contribution in [0.3, 0.4) is 0 Å². The third-order valence-electron chi connectivity index (χ3n) is 1.76. The van der Waals surface area contributed by atoms with Gasteiger partial charge in [0.15, 0.2) is 0 Å². The summed E-state index contributed by atoms with van der Waals surface area (Å²) in [6, 6.07) is 0. The van der Waals surface area contributed by atoms with E-state index < -0.39 is 0 Å². The van der Waals surface area contributed by atoms with E-state index in [0.29, 0.717) is 6.61 Å². The van der Waals surface area contributed by atoms with Crippen molar-refractivity contribution >= 4 is 11.3 Å². The highest BCUT2D eigenvalue weighted by atomic mass is 32.1. The van der Waals surface area contributed by atoms with Crippen LogP contribution >= 0.6 is 11.3 Å². The van der Waals surface area contributed by atoms with Crippen LogP contribution in [0.15, 0.2) is 6.20 Å². The summed E-state index contributed by atoms with van der Waals surface area (Å²) in [7, 11) is 0. The van der Waals surface area contributed by atoms with Crippen molar-refractivity contribution in [3.05, 3.63) is 16.1 Å². The van der Waals surface area contributed by atoms with E-state index in [1.807, 2.05) is 13.1 Å². The highest BCUT2D eigenvalue weighted by Gasteiger charge is 2.00. The summed E-state index contributed by atoms with van der Waals surface area (Å²) in [5.74, 6) is 0. The first kappa shape index (κ1) is 11.6. The first-order valence-electron chi connectivity index (χ1n) is 5.08. The van der Waals surface area contributed by atoms with Gasteiger partial charge in [0.25, 0.3) is 0 Å². The zero-order valence-electron chi connectivity index (χ0n) is 8.88. The van der Waals surface area contributed by atoms with Crippen molar-refractivity contribution in [2.75, 3.05) is 13.2 Å². The Morgan fingerprint density at radius 1 is 1.50 bits per heavy atom. The van der Waals surface area contributed by atoms with Crippen LogP contribution in [-0.2, 0) is 17.9 Å². The van der Waals surface area contributed by atoms with Crippen LogP contribution in [-0.4, -0.2) is 18.1 Å². The van der Waals surface area contributed by atoms with Gasteiger partial charge in [0.1, 0.15) is 5.01 Å². The van der Waals surface area contributed by atoms with E-state index in [1.54, 1.807) is 11.3 Å². The summed E-state index contributed by atoms with van der Waals surface area (Å²) in [6.45, 7) is 7.56. The van der Waals surface area contributed by atoms with Gasteiger partial charge < -0.3 is 10.1 Å². The third-order valence-corrected chi connectivity index (χ3v) is 2.73. The largest absolute Gasteiger partial charge is 0.375 e. The smallest absolute Gasteiger partial charge is 0.119 e. The Bertz CT molecular complexity index is 250. The maximum absolute atomic E-state index is 5.29. The summed E-state index contributed by atoms with van der Waals surface area (Å²) in [6.07, 6.45) is 3.10. The van der Waals surface area contributed by atoms with Gasteiger partial charge >= 0.3 is 0 Å². The van der Waals surface area contributed by atoms with E-state index in [4.69, 9.17) is 4.74 Å². The molecule has 1 N–H and O–H groups in total. The fourth-order valence-corrected chi connectivity index (χ4v) is 1.90. The number of nitrogens with one attached hydrogen (secondary N) is 1. The Morgan fingerprint density at radius 2 is 2.36 bits per heavy atom. The molecule has 0 fully saturated rings. The summed E-state index contributed by atoms with van der Waals surface area (Å²) in [5, 5.41) is 4.42. The standard InChI is InChI=1S/C10H18N2OS/c1-3-5-11-6-9-7-12-10(14-9)8-13-4-2/h7,11H,3-6,8H2,1-2H3. The topological polar surface area (TPSA) is 34.2 Å². The van der Waals surface area contributed by atoms with E-state index in [9.17, 15) is 0 Å². The molecule has 1 aromatic rings. The lowest BCUT2D eigenvalue weighted by Gasteiger charge is -1.98. The molecule has 0 aliphatic carbocycles. The highest BCUT2D eigenvalue weighted by molar-refractivity contribution is 7.11. The lowest BCUT2D eigenvalue weighted by atomic mass is 10.4. The molecule has 0 bridgehead atoms. The molecule has 0 radical (unpaired) electrons. The Kier molecular flexibility index (Phi) is 5.75. The van der Waals surface area contributed by atoms with Crippen molar-refractivity contribution in [3.63, 3.8) is 0 Å². The average Bonchev–Trinajstić information content (AvgIpc) is 2.63. The van der Waals surface area contributed by atoms with Crippen LogP contribution in [0, 0.1) is 0 Å². The molecule has 0 aliphatic rings. The first-order valence-corrected chi connectivity index (χ1v) is 5.90. The number of aromatic nitrogens is 1.